The molecule has 0 aromatic carbocycles. The molecule has 0 unspecified atom stereocenters. The molecule has 1 heterocycles. The minimum Gasteiger partial charge on any atom is -0.374 e. The van der Waals surface area contributed by atoms with Crippen molar-refractivity contribution in [2.45, 2.75) is 44.9 Å². The van der Waals surface area contributed by atoms with Crippen LogP contribution in [0.25, 0.3) is 0 Å². The van der Waals surface area contributed by atoms with Gasteiger partial charge in [-0.25, -0.2) is 4.98 Å². The molecular weight excluding hydrogens is 194 g/mol. The Balaban J connectivity index is 1.95. The van der Waals surface area contributed by atoms with Gasteiger partial charge in [0.05, 0.1) is 0 Å². The zero-order valence-electron chi connectivity index (χ0n) is 8.57. The summed E-state index contributed by atoms with van der Waals surface area (Å²) in [5, 5.41) is 0.609. The highest BCUT2D eigenvalue weighted by Crippen LogP contribution is 2.36. The third kappa shape index (κ3) is 2.05. The fraction of sp³-hybridized carbons (Fsp3) is 0.800. The second-order valence-electron chi connectivity index (χ2n) is 4.12. The average molecular weight is 211 g/mol. The summed E-state index contributed by atoms with van der Waals surface area (Å²) in [5.74, 6) is 2.50. The molecule has 78 valence electrons. The quantitative estimate of drug-likeness (QED) is 0.818. The first-order valence-electron chi connectivity index (χ1n) is 5.38. The van der Waals surface area contributed by atoms with Crippen molar-refractivity contribution in [2.24, 2.45) is 5.92 Å². The van der Waals surface area contributed by atoms with Crippen LogP contribution in [-0.4, -0.2) is 9.36 Å². The summed E-state index contributed by atoms with van der Waals surface area (Å²) in [5.41, 5.74) is 5.58. The van der Waals surface area contributed by atoms with Gasteiger partial charge in [-0.3, -0.25) is 0 Å². The SMILES string of the molecule is CCC1CCC(c2nsc(N)n2)CC1. The molecule has 0 bridgehead atoms. The van der Waals surface area contributed by atoms with Gasteiger partial charge in [0.15, 0.2) is 5.13 Å². The lowest BCUT2D eigenvalue weighted by Gasteiger charge is -2.25. The van der Waals surface area contributed by atoms with Gasteiger partial charge in [-0.05, 0) is 31.6 Å². The molecule has 3 nitrogen and oxygen atoms in total. The molecule has 1 aromatic heterocycles. The molecule has 1 saturated carbocycles. The maximum Gasteiger partial charge on any atom is 0.199 e. The Morgan fingerprint density at radius 1 is 1.36 bits per heavy atom. The Bertz CT molecular complexity index is 289. The van der Waals surface area contributed by atoms with E-state index in [0.717, 1.165) is 11.7 Å². The highest BCUT2D eigenvalue weighted by atomic mass is 32.1. The standard InChI is InChI=1S/C10H17N3S/c1-2-7-3-5-8(6-4-7)9-12-10(11)14-13-9/h7-8H,2-6H2,1H3,(H2,11,12,13). The van der Waals surface area contributed by atoms with Gasteiger partial charge < -0.3 is 5.73 Å². The number of aromatic nitrogens is 2. The largest absolute Gasteiger partial charge is 0.374 e. The number of rotatable bonds is 2. The third-order valence-corrected chi connectivity index (χ3v) is 3.80. The summed E-state index contributed by atoms with van der Waals surface area (Å²) in [4.78, 5) is 4.27. The van der Waals surface area contributed by atoms with E-state index in [2.05, 4.69) is 16.3 Å². The monoisotopic (exact) mass is 211 g/mol. The van der Waals surface area contributed by atoms with Crippen molar-refractivity contribution in [1.82, 2.24) is 9.36 Å². The van der Waals surface area contributed by atoms with Crippen LogP contribution < -0.4 is 5.73 Å². The van der Waals surface area contributed by atoms with Gasteiger partial charge in [-0.1, -0.05) is 13.3 Å². The van der Waals surface area contributed by atoms with Crippen LogP contribution in [-0.2, 0) is 0 Å². The molecule has 1 fully saturated rings. The Morgan fingerprint density at radius 2 is 2.07 bits per heavy atom. The van der Waals surface area contributed by atoms with E-state index in [1.807, 2.05) is 0 Å². The molecule has 2 rings (SSSR count). The molecule has 4 heteroatoms. The Labute approximate surface area is 88.9 Å². The lowest BCUT2D eigenvalue weighted by atomic mass is 9.80. The zero-order valence-corrected chi connectivity index (χ0v) is 9.39. The van der Waals surface area contributed by atoms with Crippen LogP contribution in [0.2, 0.25) is 0 Å². The van der Waals surface area contributed by atoms with Gasteiger partial charge in [0, 0.05) is 17.5 Å². The van der Waals surface area contributed by atoms with E-state index in [1.165, 1.54) is 43.6 Å². The van der Waals surface area contributed by atoms with E-state index >= 15 is 0 Å². The summed E-state index contributed by atoms with van der Waals surface area (Å²) in [6, 6.07) is 0. The molecular formula is C10H17N3S. The molecule has 1 aliphatic rings. The van der Waals surface area contributed by atoms with Crippen LogP contribution in [0.15, 0.2) is 0 Å². The van der Waals surface area contributed by atoms with Crippen molar-refractivity contribution in [2.75, 3.05) is 5.73 Å². The summed E-state index contributed by atoms with van der Waals surface area (Å²) >= 11 is 1.32. The van der Waals surface area contributed by atoms with Gasteiger partial charge in [-0.2, -0.15) is 4.37 Å². The first-order valence-corrected chi connectivity index (χ1v) is 6.16. The lowest BCUT2D eigenvalue weighted by Crippen LogP contribution is -2.13. The van der Waals surface area contributed by atoms with Crippen molar-refractivity contribution in [1.29, 1.82) is 0 Å². The first-order chi connectivity index (χ1) is 6.79. The van der Waals surface area contributed by atoms with Crippen LogP contribution in [0.1, 0.15) is 50.8 Å². The predicted molar refractivity (Wildman–Crippen MR) is 59.3 cm³/mol. The van der Waals surface area contributed by atoms with Crippen LogP contribution >= 0.6 is 11.5 Å². The zero-order chi connectivity index (χ0) is 9.97. The summed E-state index contributed by atoms with van der Waals surface area (Å²) in [6.07, 6.45) is 6.48. The maximum absolute atomic E-state index is 5.58. The van der Waals surface area contributed by atoms with Crippen molar-refractivity contribution in [3.63, 3.8) is 0 Å². The smallest absolute Gasteiger partial charge is 0.199 e. The molecule has 0 amide bonds. The van der Waals surface area contributed by atoms with E-state index in [9.17, 15) is 0 Å². The topological polar surface area (TPSA) is 51.8 Å². The van der Waals surface area contributed by atoms with E-state index in [4.69, 9.17) is 5.73 Å². The van der Waals surface area contributed by atoms with Crippen molar-refractivity contribution in [3.05, 3.63) is 5.82 Å². The molecule has 0 aliphatic heterocycles. The van der Waals surface area contributed by atoms with Gasteiger partial charge in [-0.15, -0.1) is 0 Å². The summed E-state index contributed by atoms with van der Waals surface area (Å²) < 4.78 is 4.30. The van der Waals surface area contributed by atoms with E-state index in [0.29, 0.717) is 11.0 Å². The number of nitrogen functional groups attached to an aromatic ring is 1. The predicted octanol–water partition coefficient (Wildman–Crippen LogP) is 2.80. The molecule has 0 atom stereocenters. The second kappa shape index (κ2) is 4.26. The second-order valence-corrected chi connectivity index (χ2v) is 4.90. The Morgan fingerprint density at radius 3 is 2.57 bits per heavy atom. The average Bonchev–Trinajstić information content (AvgIpc) is 2.65. The van der Waals surface area contributed by atoms with Crippen LogP contribution in [0.3, 0.4) is 0 Å². The molecule has 1 aliphatic carbocycles. The maximum atomic E-state index is 5.58. The molecule has 14 heavy (non-hydrogen) atoms. The minimum atomic E-state index is 0.575. The number of nitrogens with zero attached hydrogens (tertiary/aromatic N) is 2. The van der Waals surface area contributed by atoms with Gasteiger partial charge >= 0.3 is 0 Å². The fourth-order valence-electron chi connectivity index (χ4n) is 2.24. The first kappa shape index (κ1) is 9.90. The molecule has 0 radical (unpaired) electrons. The van der Waals surface area contributed by atoms with Gasteiger partial charge in [0.25, 0.3) is 0 Å². The van der Waals surface area contributed by atoms with Crippen LogP contribution in [0.5, 0.6) is 0 Å². The molecule has 0 spiro atoms. The Kier molecular flexibility index (Phi) is 3.01. The van der Waals surface area contributed by atoms with Gasteiger partial charge in [0.1, 0.15) is 5.82 Å². The van der Waals surface area contributed by atoms with E-state index in [-0.39, 0.29) is 0 Å². The number of hydrogen-bond donors (Lipinski definition) is 1. The Hall–Kier alpha value is -0.640. The van der Waals surface area contributed by atoms with E-state index < -0.39 is 0 Å². The van der Waals surface area contributed by atoms with Crippen LogP contribution in [0.4, 0.5) is 5.13 Å². The molecule has 1 aromatic rings. The number of hydrogen-bond acceptors (Lipinski definition) is 4. The third-order valence-electron chi connectivity index (χ3n) is 3.25. The van der Waals surface area contributed by atoms with Crippen LogP contribution in [0, 0.1) is 5.92 Å². The lowest BCUT2D eigenvalue weighted by molar-refractivity contribution is 0.313. The van der Waals surface area contributed by atoms with Crippen molar-refractivity contribution in [3.8, 4) is 0 Å². The van der Waals surface area contributed by atoms with E-state index in [1.54, 1.807) is 0 Å². The fourth-order valence-corrected chi connectivity index (χ4v) is 2.75. The normalized spacial score (nSPS) is 27.8. The highest BCUT2D eigenvalue weighted by molar-refractivity contribution is 7.09. The highest BCUT2D eigenvalue weighted by Gasteiger charge is 2.23. The number of anilines is 1. The summed E-state index contributed by atoms with van der Waals surface area (Å²) in [6.45, 7) is 2.28. The summed E-state index contributed by atoms with van der Waals surface area (Å²) in [7, 11) is 0. The van der Waals surface area contributed by atoms with Crippen molar-refractivity contribution >= 4 is 16.7 Å². The van der Waals surface area contributed by atoms with Gasteiger partial charge in [0.2, 0.25) is 0 Å². The number of nitrogens with two attached hydrogens (primary N) is 1. The molecule has 2 N–H and O–H groups in total. The van der Waals surface area contributed by atoms with Crippen molar-refractivity contribution < 1.29 is 0 Å². The molecule has 0 saturated heterocycles. The minimum absolute atomic E-state index is 0.575.